The van der Waals surface area contributed by atoms with Crippen molar-refractivity contribution in [3.8, 4) is 0 Å². The molecule has 1 fully saturated rings. The lowest BCUT2D eigenvalue weighted by Crippen LogP contribution is -2.47. The summed E-state index contributed by atoms with van der Waals surface area (Å²) in [6.07, 6.45) is 0. The molecule has 1 amide bonds. The Hall–Kier alpha value is -1.30. The molecule has 1 aliphatic rings. The molecule has 1 saturated heterocycles. The van der Waals surface area contributed by atoms with E-state index < -0.39 is 5.41 Å². The number of likely N-dealkylation sites (tertiary alicyclic amines) is 1. The van der Waals surface area contributed by atoms with E-state index in [2.05, 4.69) is 53.5 Å². The van der Waals surface area contributed by atoms with Crippen LogP contribution in [0.2, 0.25) is 0 Å². The second kappa shape index (κ2) is 8.52. The summed E-state index contributed by atoms with van der Waals surface area (Å²) in [5, 5.41) is 9.54. The number of hydrogen-bond acceptors (Lipinski definition) is 3. The third-order valence-electron chi connectivity index (χ3n) is 4.51. The fourth-order valence-corrected chi connectivity index (χ4v) is 2.80. The molecule has 6 nitrogen and oxygen atoms in total. The number of carbonyl (C=O) groups is 1. The van der Waals surface area contributed by atoms with E-state index in [1.54, 1.807) is 7.05 Å². The van der Waals surface area contributed by atoms with Crippen molar-refractivity contribution in [3.05, 3.63) is 0 Å². The maximum Gasteiger partial charge on any atom is 0.227 e. The molecule has 6 heteroatoms. The Bertz CT molecular complexity index is 419. The van der Waals surface area contributed by atoms with Gasteiger partial charge in [-0.25, -0.2) is 0 Å². The molecule has 1 aliphatic heterocycles. The Morgan fingerprint density at radius 1 is 1.35 bits per heavy atom. The highest BCUT2D eigenvalue weighted by atomic mass is 16.2. The van der Waals surface area contributed by atoms with Crippen LogP contribution >= 0.6 is 0 Å². The maximum atomic E-state index is 11.9. The zero-order chi connectivity index (χ0) is 17.6. The van der Waals surface area contributed by atoms with Crippen molar-refractivity contribution in [1.82, 2.24) is 20.9 Å². The van der Waals surface area contributed by atoms with Gasteiger partial charge in [0, 0.05) is 38.8 Å². The Morgan fingerprint density at radius 2 is 2.00 bits per heavy atom. The molecule has 0 saturated carbocycles. The third-order valence-corrected chi connectivity index (χ3v) is 4.51. The Labute approximate surface area is 141 Å². The van der Waals surface area contributed by atoms with Gasteiger partial charge in [-0.15, -0.1) is 0 Å². The van der Waals surface area contributed by atoms with Gasteiger partial charge in [-0.05, 0) is 40.5 Å². The zero-order valence-corrected chi connectivity index (χ0v) is 15.9. The molecule has 0 aromatic rings. The molecule has 1 rings (SSSR count). The van der Waals surface area contributed by atoms with Crippen LogP contribution in [0.3, 0.4) is 0 Å². The number of guanidine groups is 1. The normalized spacial score (nSPS) is 23.2. The second-order valence-electron chi connectivity index (χ2n) is 7.43. The predicted molar refractivity (Wildman–Crippen MR) is 96.6 cm³/mol. The Morgan fingerprint density at radius 3 is 2.48 bits per heavy atom. The van der Waals surface area contributed by atoms with Crippen LogP contribution in [0.5, 0.6) is 0 Å². The van der Waals surface area contributed by atoms with Crippen LogP contribution in [0, 0.1) is 11.3 Å². The monoisotopic (exact) mass is 325 g/mol. The van der Waals surface area contributed by atoms with Gasteiger partial charge in [0.15, 0.2) is 5.96 Å². The van der Waals surface area contributed by atoms with E-state index in [4.69, 9.17) is 0 Å². The summed E-state index contributed by atoms with van der Waals surface area (Å²) in [6.45, 7) is 16.0. The van der Waals surface area contributed by atoms with E-state index in [1.807, 2.05) is 13.8 Å². The summed E-state index contributed by atoms with van der Waals surface area (Å²) in [5.74, 6) is 1.39. The lowest BCUT2D eigenvalue weighted by molar-refractivity contribution is -0.128. The molecule has 1 heterocycles. The number of nitrogens with one attached hydrogen (secondary N) is 3. The first kappa shape index (κ1) is 19.7. The summed E-state index contributed by atoms with van der Waals surface area (Å²) >= 11 is 0. The molecule has 23 heavy (non-hydrogen) atoms. The van der Waals surface area contributed by atoms with Crippen molar-refractivity contribution in [3.63, 3.8) is 0 Å². The molecular formula is C17H35N5O. The van der Waals surface area contributed by atoms with Crippen LogP contribution in [0.1, 0.15) is 41.5 Å². The van der Waals surface area contributed by atoms with E-state index >= 15 is 0 Å². The molecule has 134 valence electrons. The highest BCUT2D eigenvalue weighted by molar-refractivity contribution is 5.83. The van der Waals surface area contributed by atoms with Crippen molar-refractivity contribution >= 4 is 11.9 Å². The van der Waals surface area contributed by atoms with E-state index in [9.17, 15) is 4.79 Å². The summed E-state index contributed by atoms with van der Waals surface area (Å²) in [4.78, 5) is 19.0. The van der Waals surface area contributed by atoms with Crippen LogP contribution in [-0.4, -0.2) is 62.1 Å². The summed E-state index contributed by atoms with van der Waals surface area (Å²) in [7, 11) is 1.66. The number of aliphatic imine (C=N–C) groups is 1. The summed E-state index contributed by atoms with van der Waals surface area (Å²) in [6, 6.07) is 0.953. The van der Waals surface area contributed by atoms with Crippen LogP contribution in [0.15, 0.2) is 4.99 Å². The number of amides is 1. The van der Waals surface area contributed by atoms with Crippen LogP contribution in [0.4, 0.5) is 0 Å². The summed E-state index contributed by atoms with van der Waals surface area (Å²) < 4.78 is 0. The van der Waals surface area contributed by atoms with Gasteiger partial charge in [-0.3, -0.25) is 14.7 Å². The fourth-order valence-electron chi connectivity index (χ4n) is 2.80. The van der Waals surface area contributed by atoms with Gasteiger partial charge < -0.3 is 16.0 Å². The van der Waals surface area contributed by atoms with E-state index in [-0.39, 0.29) is 5.91 Å². The first-order chi connectivity index (χ1) is 10.7. The SMILES string of the molecule is CCNC(=NCC(C)(C)C(=O)NC)NC1CN(C(C)C)CC1C. The van der Waals surface area contributed by atoms with Crippen LogP contribution in [-0.2, 0) is 4.79 Å². The molecule has 2 atom stereocenters. The highest BCUT2D eigenvalue weighted by Crippen LogP contribution is 2.19. The van der Waals surface area contributed by atoms with Crippen LogP contribution in [0.25, 0.3) is 0 Å². The van der Waals surface area contributed by atoms with E-state index in [0.29, 0.717) is 24.5 Å². The standard InChI is InChI=1S/C17H35N5O/c1-8-19-16(20-11-17(5,6)15(23)18-7)21-14-10-22(12(2)3)9-13(14)4/h12-14H,8-11H2,1-7H3,(H,18,23)(H2,19,20,21). The molecule has 0 spiro atoms. The smallest absolute Gasteiger partial charge is 0.227 e. The van der Waals surface area contributed by atoms with Crippen molar-refractivity contribution < 1.29 is 4.79 Å². The maximum absolute atomic E-state index is 11.9. The quantitative estimate of drug-likeness (QED) is 0.504. The predicted octanol–water partition coefficient (Wildman–Crippen LogP) is 1.04. The Balaban J connectivity index is 2.71. The fraction of sp³-hybridized carbons (Fsp3) is 0.882. The largest absolute Gasteiger partial charge is 0.359 e. The minimum absolute atomic E-state index is 0.0114. The third kappa shape index (κ3) is 5.68. The average molecular weight is 326 g/mol. The topological polar surface area (TPSA) is 68.8 Å². The minimum atomic E-state index is -0.512. The van der Waals surface area contributed by atoms with Gasteiger partial charge >= 0.3 is 0 Å². The van der Waals surface area contributed by atoms with Crippen molar-refractivity contribution in [2.75, 3.05) is 33.2 Å². The second-order valence-corrected chi connectivity index (χ2v) is 7.43. The molecule has 0 radical (unpaired) electrons. The number of carbonyl (C=O) groups excluding carboxylic acids is 1. The molecule has 2 unspecified atom stereocenters. The first-order valence-corrected chi connectivity index (χ1v) is 8.72. The van der Waals surface area contributed by atoms with E-state index in [1.165, 1.54) is 0 Å². The number of hydrogen-bond donors (Lipinski definition) is 3. The zero-order valence-electron chi connectivity index (χ0n) is 15.9. The van der Waals surface area contributed by atoms with Crippen molar-refractivity contribution in [2.24, 2.45) is 16.3 Å². The molecule has 0 aromatic heterocycles. The van der Waals surface area contributed by atoms with Gasteiger partial charge in [0.05, 0.1) is 12.0 Å². The minimum Gasteiger partial charge on any atom is -0.359 e. The lowest BCUT2D eigenvalue weighted by Gasteiger charge is -2.24. The molecule has 3 N–H and O–H groups in total. The molecular weight excluding hydrogens is 290 g/mol. The van der Waals surface area contributed by atoms with Gasteiger partial charge in [-0.2, -0.15) is 0 Å². The van der Waals surface area contributed by atoms with Gasteiger partial charge in [0.2, 0.25) is 5.91 Å². The molecule has 0 aliphatic carbocycles. The highest BCUT2D eigenvalue weighted by Gasteiger charge is 2.32. The lowest BCUT2D eigenvalue weighted by atomic mass is 9.93. The Kier molecular flexibility index (Phi) is 7.32. The molecule has 0 aromatic carbocycles. The van der Waals surface area contributed by atoms with Crippen molar-refractivity contribution in [2.45, 2.75) is 53.6 Å². The number of nitrogens with zero attached hydrogens (tertiary/aromatic N) is 2. The van der Waals surface area contributed by atoms with Gasteiger partial charge in [0.25, 0.3) is 0 Å². The summed E-state index contributed by atoms with van der Waals surface area (Å²) in [5.41, 5.74) is -0.512. The first-order valence-electron chi connectivity index (χ1n) is 8.72. The van der Waals surface area contributed by atoms with Crippen LogP contribution < -0.4 is 16.0 Å². The number of rotatable bonds is 6. The molecule has 0 bridgehead atoms. The average Bonchev–Trinajstić information content (AvgIpc) is 2.85. The van der Waals surface area contributed by atoms with Gasteiger partial charge in [0.1, 0.15) is 0 Å². The van der Waals surface area contributed by atoms with Gasteiger partial charge in [-0.1, -0.05) is 6.92 Å². The van der Waals surface area contributed by atoms with E-state index in [0.717, 1.165) is 25.6 Å². The van der Waals surface area contributed by atoms with Crippen molar-refractivity contribution in [1.29, 1.82) is 0 Å².